The summed E-state index contributed by atoms with van der Waals surface area (Å²) in [6.45, 7) is 5.54. The third kappa shape index (κ3) is 5.83. The van der Waals surface area contributed by atoms with Crippen molar-refractivity contribution in [2.24, 2.45) is 0 Å². The minimum atomic E-state index is -4.48. The minimum Gasteiger partial charge on any atom is -0.376 e. The van der Waals surface area contributed by atoms with E-state index in [4.69, 9.17) is 11.6 Å². The maximum atomic E-state index is 12.6. The number of anilines is 1. The van der Waals surface area contributed by atoms with Gasteiger partial charge in [-0.2, -0.15) is 13.2 Å². The quantitative estimate of drug-likeness (QED) is 0.857. The van der Waals surface area contributed by atoms with Gasteiger partial charge < -0.3 is 10.6 Å². The molecule has 0 aliphatic rings. The summed E-state index contributed by atoms with van der Waals surface area (Å²) in [5.41, 5.74) is -1.06. The smallest absolute Gasteiger partial charge is 0.376 e. The van der Waals surface area contributed by atoms with Gasteiger partial charge in [-0.3, -0.25) is 4.79 Å². The zero-order chi connectivity index (χ0) is 16.3. The molecule has 0 fully saturated rings. The summed E-state index contributed by atoms with van der Waals surface area (Å²) in [5, 5.41) is 5.39. The minimum absolute atomic E-state index is 0.0402. The molecule has 0 aromatic heterocycles. The summed E-state index contributed by atoms with van der Waals surface area (Å²) in [4.78, 5) is 11.7. The zero-order valence-corrected chi connectivity index (χ0v) is 12.8. The monoisotopic (exact) mass is 322 g/mol. The van der Waals surface area contributed by atoms with E-state index in [0.717, 1.165) is 18.6 Å². The Hall–Kier alpha value is -1.43. The second kappa shape index (κ2) is 6.56. The Morgan fingerprint density at radius 1 is 1.24 bits per heavy atom. The number of alkyl halides is 3. The summed E-state index contributed by atoms with van der Waals surface area (Å²) < 4.78 is 37.9. The molecule has 7 heteroatoms. The zero-order valence-electron chi connectivity index (χ0n) is 12.1. The van der Waals surface area contributed by atoms with Crippen molar-refractivity contribution < 1.29 is 18.0 Å². The lowest BCUT2D eigenvalue weighted by atomic mass is 10.0. The van der Waals surface area contributed by atoms with Gasteiger partial charge in [-0.25, -0.2) is 0 Å². The highest BCUT2D eigenvalue weighted by atomic mass is 35.5. The molecule has 2 N–H and O–H groups in total. The van der Waals surface area contributed by atoms with E-state index < -0.39 is 11.7 Å². The molecule has 0 saturated carbocycles. The molecule has 0 aliphatic heterocycles. The van der Waals surface area contributed by atoms with Gasteiger partial charge >= 0.3 is 6.18 Å². The lowest BCUT2D eigenvalue weighted by Gasteiger charge is -2.24. The average molecular weight is 323 g/mol. The first-order valence-electron chi connectivity index (χ1n) is 6.46. The first kappa shape index (κ1) is 17.6. The van der Waals surface area contributed by atoms with Crippen LogP contribution in [0.2, 0.25) is 5.02 Å². The van der Waals surface area contributed by atoms with E-state index in [-0.39, 0.29) is 28.7 Å². The molecule has 0 atom stereocenters. The molecule has 0 spiro atoms. The van der Waals surface area contributed by atoms with Gasteiger partial charge in [0, 0.05) is 16.2 Å². The predicted octanol–water partition coefficient (Wildman–Crippen LogP) is 4.08. The SMILES string of the molecule is CCC(C)(C)NC(=O)CNc1cc(Cl)cc(C(F)(F)F)c1. The number of hydrogen-bond acceptors (Lipinski definition) is 2. The second-order valence-corrected chi connectivity index (χ2v) is 5.80. The van der Waals surface area contributed by atoms with Crippen LogP contribution < -0.4 is 10.6 Å². The maximum Gasteiger partial charge on any atom is 0.416 e. The van der Waals surface area contributed by atoms with Crippen LogP contribution in [0.1, 0.15) is 32.8 Å². The predicted molar refractivity (Wildman–Crippen MR) is 77.5 cm³/mol. The lowest BCUT2D eigenvalue weighted by Crippen LogP contribution is -2.45. The molecule has 0 heterocycles. The van der Waals surface area contributed by atoms with Crippen LogP contribution in [-0.4, -0.2) is 18.0 Å². The van der Waals surface area contributed by atoms with Crippen molar-refractivity contribution in [1.82, 2.24) is 5.32 Å². The fourth-order valence-corrected chi connectivity index (χ4v) is 1.78. The molecule has 1 amide bonds. The van der Waals surface area contributed by atoms with E-state index in [1.54, 1.807) is 0 Å². The van der Waals surface area contributed by atoms with E-state index in [1.807, 2.05) is 20.8 Å². The summed E-state index contributed by atoms with van der Waals surface area (Å²) in [5.74, 6) is -0.296. The third-order valence-electron chi connectivity index (χ3n) is 3.04. The van der Waals surface area contributed by atoms with Crippen LogP contribution in [-0.2, 0) is 11.0 Å². The highest BCUT2D eigenvalue weighted by Crippen LogP contribution is 2.33. The van der Waals surface area contributed by atoms with Crippen molar-refractivity contribution in [2.75, 3.05) is 11.9 Å². The number of carbonyl (C=O) groups excluding carboxylic acids is 1. The summed E-state index contributed by atoms with van der Waals surface area (Å²) in [6.07, 6.45) is -3.73. The van der Waals surface area contributed by atoms with Crippen molar-refractivity contribution in [1.29, 1.82) is 0 Å². The Morgan fingerprint density at radius 3 is 2.38 bits per heavy atom. The van der Waals surface area contributed by atoms with Crippen LogP contribution in [0.25, 0.3) is 0 Å². The average Bonchev–Trinajstić information content (AvgIpc) is 2.34. The van der Waals surface area contributed by atoms with E-state index in [0.29, 0.717) is 0 Å². The molecular weight excluding hydrogens is 305 g/mol. The van der Waals surface area contributed by atoms with Crippen molar-refractivity contribution >= 4 is 23.2 Å². The second-order valence-electron chi connectivity index (χ2n) is 5.37. The van der Waals surface area contributed by atoms with E-state index >= 15 is 0 Å². The number of halogens is 4. The molecular formula is C14H18ClF3N2O. The van der Waals surface area contributed by atoms with Crippen LogP contribution in [0.4, 0.5) is 18.9 Å². The number of hydrogen-bond donors (Lipinski definition) is 2. The highest BCUT2D eigenvalue weighted by Gasteiger charge is 2.31. The fraction of sp³-hybridized carbons (Fsp3) is 0.500. The Bertz CT molecular complexity index is 515. The van der Waals surface area contributed by atoms with Crippen LogP contribution in [0.5, 0.6) is 0 Å². The van der Waals surface area contributed by atoms with Gasteiger partial charge in [0.25, 0.3) is 0 Å². The van der Waals surface area contributed by atoms with Gasteiger partial charge in [0.15, 0.2) is 0 Å². The molecule has 1 aromatic carbocycles. The standard InChI is InChI=1S/C14H18ClF3N2O/c1-4-13(2,3)20-12(21)8-19-11-6-9(14(16,17)18)5-10(15)7-11/h5-7,19H,4,8H2,1-3H3,(H,20,21). The number of rotatable bonds is 5. The van der Waals surface area contributed by atoms with Crippen LogP contribution in [0.3, 0.4) is 0 Å². The Morgan fingerprint density at radius 2 is 1.86 bits per heavy atom. The van der Waals surface area contributed by atoms with Crippen molar-refractivity contribution in [3.8, 4) is 0 Å². The third-order valence-corrected chi connectivity index (χ3v) is 3.26. The normalized spacial score (nSPS) is 12.1. The molecule has 0 unspecified atom stereocenters. The van der Waals surface area contributed by atoms with Crippen LogP contribution in [0.15, 0.2) is 18.2 Å². The van der Waals surface area contributed by atoms with Gasteiger partial charge in [0.05, 0.1) is 12.1 Å². The van der Waals surface area contributed by atoms with Gasteiger partial charge in [-0.15, -0.1) is 0 Å². The van der Waals surface area contributed by atoms with Crippen molar-refractivity contribution in [2.45, 2.75) is 38.9 Å². The van der Waals surface area contributed by atoms with Gasteiger partial charge in [0.2, 0.25) is 5.91 Å². The molecule has 118 valence electrons. The number of carbonyl (C=O) groups is 1. The number of nitrogens with one attached hydrogen (secondary N) is 2. The Kier molecular flexibility index (Phi) is 5.50. The van der Waals surface area contributed by atoms with Crippen LogP contribution >= 0.6 is 11.6 Å². The van der Waals surface area contributed by atoms with Crippen LogP contribution in [0, 0.1) is 0 Å². The van der Waals surface area contributed by atoms with E-state index in [9.17, 15) is 18.0 Å². The van der Waals surface area contributed by atoms with Gasteiger partial charge in [-0.05, 0) is 38.5 Å². The molecule has 0 aliphatic carbocycles. The van der Waals surface area contributed by atoms with Crippen molar-refractivity contribution in [3.05, 3.63) is 28.8 Å². The molecule has 1 rings (SSSR count). The molecule has 3 nitrogen and oxygen atoms in total. The first-order valence-corrected chi connectivity index (χ1v) is 6.84. The first-order chi connectivity index (χ1) is 9.53. The molecule has 0 radical (unpaired) electrons. The molecule has 0 saturated heterocycles. The van der Waals surface area contributed by atoms with Gasteiger partial charge in [-0.1, -0.05) is 18.5 Å². The highest BCUT2D eigenvalue weighted by molar-refractivity contribution is 6.30. The Labute approximate surface area is 126 Å². The molecule has 0 bridgehead atoms. The van der Waals surface area contributed by atoms with E-state index in [2.05, 4.69) is 10.6 Å². The van der Waals surface area contributed by atoms with Gasteiger partial charge in [0.1, 0.15) is 0 Å². The number of benzene rings is 1. The van der Waals surface area contributed by atoms with Crippen molar-refractivity contribution in [3.63, 3.8) is 0 Å². The topological polar surface area (TPSA) is 41.1 Å². The lowest BCUT2D eigenvalue weighted by molar-refractivity contribution is -0.137. The maximum absolute atomic E-state index is 12.6. The molecule has 1 aromatic rings. The number of amides is 1. The fourth-order valence-electron chi connectivity index (χ4n) is 1.55. The summed E-state index contributed by atoms with van der Waals surface area (Å²) in [7, 11) is 0. The summed E-state index contributed by atoms with van der Waals surface area (Å²) in [6, 6.07) is 3.10. The van der Waals surface area contributed by atoms with E-state index in [1.165, 1.54) is 6.07 Å². The summed E-state index contributed by atoms with van der Waals surface area (Å²) >= 11 is 5.66. The largest absolute Gasteiger partial charge is 0.416 e. The Balaban J connectivity index is 2.72. The molecule has 21 heavy (non-hydrogen) atoms.